The van der Waals surface area contributed by atoms with Crippen molar-refractivity contribution >= 4 is 22.9 Å². The fourth-order valence-corrected chi connectivity index (χ4v) is 3.84. The molecule has 1 saturated heterocycles. The SMILES string of the molecule is O=C(CN1CCC[C@H]1c1cccs1)Nc1ccc(OC(F)(F)F)cc1. The second kappa shape index (κ2) is 7.45. The molecule has 1 amide bonds. The van der Waals surface area contributed by atoms with Crippen LogP contribution in [0.25, 0.3) is 0 Å². The van der Waals surface area contributed by atoms with E-state index in [-0.39, 0.29) is 24.2 Å². The summed E-state index contributed by atoms with van der Waals surface area (Å²) in [6.45, 7) is 1.11. The predicted molar refractivity (Wildman–Crippen MR) is 89.6 cm³/mol. The van der Waals surface area contributed by atoms with Gasteiger partial charge in [0.05, 0.1) is 6.54 Å². The lowest BCUT2D eigenvalue weighted by atomic mass is 10.2. The number of rotatable bonds is 5. The van der Waals surface area contributed by atoms with Gasteiger partial charge in [0.2, 0.25) is 5.91 Å². The van der Waals surface area contributed by atoms with Gasteiger partial charge in [-0.1, -0.05) is 6.07 Å². The summed E-state index contributed by atoms with van der Waals surface area (Å²) in [7, 11) is 0. The molecule has 2 heterocycles. The molecule has 0 aliphatic carbocycles. The maximum Gasteiger partial charge on any atom is 0.573 e. The molecule has 8 heteroatoms. The summed E-state index contributed by atoms with van der Waals surface area (Å²) in [6.07, 6.45) is -2.66. The summed E-state index contributed by atoms with van der Waals surface area (Å²) in [5.74, 6) is -0.504. The van der Waals surface area contributed by atoms with Gasteiger partial charge in [0.1, 0.15) is 5.75 Å². The van der Waals surface area contributed by atoms with Crippen molar-refractivity contribution in [2.24, 2.45) is 0 Å². The zero-order chi connectivity index (χ0) is 17.9. The number of likely N-dealkylation sites (tertiary alicyclic amines) is 1. The second-order valence-electron chi connectivity index (χ2n) is 5.76. The molecule has 1 aliphatic heterocycles. The number of nitrogens with one attached hydrogen (secondary N) is 1. The van der Waals surface area contributed by atoms with Crippen LogP contribution >= 0.6 is 11.3 Å². The van der Waals surface area contributed by atoms with Crippen LogP contribution in [0.3, 0.4) is 0 Å². The highest BCUT2D eigenvalue weighted by atomic mass is 32.1. The Hall–Kier alpha value is -2.06. The van der Waals surface area contributed by atoms with Crippen molar-refractivity contribution in [3.63, 3.8) is 0 Å². The van der Waals surface area contributed by atoms with Crippen LogP contribution in [0.15, 0.2) is 41.8 Å². The Morgan fingerprint density at radius 3 is 2.68 bits per heavy atom. The molecule has 2 aromatic rings. The third-order valence-electron chi connectivity index (χ3n) is 3.95. The van der Waals surface area contributed by atoms with Gasteiger partial charge >= 0.3 is 6.36 Å². The number of ether oxygens (including phenoxy) is 1. The van der Waals surface area contributed by atoms with Crippen molar-refractivity contribution in [3.8, 4) is 5.75 Å². The van der Waals surface area contributed by atoms with E-state index in [4.69, 9.17) is 0 Å². The van der Waals surface area contributed by atoms with Crippen LogP contribution in [-0.2, 0) is 4.79 Å². The van der Waals surface area contributed by atoms with E-state index in [0.29, 0.717) is 5.69 Å². The highest BCUT2D eigenvalue weighted by Gasteiger charge is 2.31. The minimum atomic E-state index is -4.72. The molecule has 0 bridgehead atoms. The topological polar surface area (TPSA) is 41.6 Å². The number of hydrogen-bond acceptors (Lipinski definition) is 4. The molecule has 1 aliphatic rings. The van der Waals surface area contributed by atoms with Crippen molar-refractivity contribution < 1.29 is 22.7 Å². The van der Waals surface area contributed by atoms with E-state index in [1.165, 1.54) is 29.1 Å². The number of hydrogen-bond donors (Lipinski definition) is 1. The lowest BCUT2D eigenvalue weighted by Gasteiger charge is -2.22. The monoisotopic (exact) mass is 370 g/mol. The molecule has 1 aromatic carbocycles. The van der Waals surface area contributed by atoms with Gasteiger partial charge in [-0.15, -0.1) is 24.5 Å². The van der Waals surface area contributed by atoms with Crippen LogP contribution in [0.2, 0.25) is 0 Å². The summed E-state index contributed by atoms with van der Waals surface area (Å²) in [5.41, 5.74) is 0.436. The molecule has 1 atom stereocenters. The summed E-state index contributed by atoms with van der Waals surface area (Å²) >= 11 is 1.68. The zero-order valence-electron chi connectivity index (χ0n) is 13.3. The van der Waals surface area contributed by atoms with Crippen molar-refractivity contribution in [2.45, 2.75) is 25.2 Å². The van der Waals surface area contributed by atoms with E-state index in [1.54, 1.807) is 11.3 Å². The van der Waals surface area contributed by atoms with E-state index in [1.807, 2.05) is 11.4 Å². The molecule has 0 unspecified atom stereocenters. The lowest BCUT2D eigenvalue weighted by molar-refractivity contribution is -0.274. The third-order valence-corrected chi connectivity index (χ3v) is 4.93. The summed E-state index contributed by atoms with van der Waals surface area (Å²) in [4.78, 5) is 15.6. The Bertz CT molecular complexity index is 702. The minimum absolute atomic E-state index is 0.187. The number of alkyl halides is 3. The molecule has 4 nitrogen and oxygen atoms in total. The molecule has 1 fully saturated rings. The number of amides is 1. The van der Waals surface area contributed by atoms with Crippen molar-refractivity contribution in [1.82, 2.24) is 4.90 Å². The Balaban J connectivity index is 1.55. The molecule has 3 rings (SSSR count). The van der Waals surface area contributed by atoms with Gasteiger partial charge in [0, 0.05) is 16.6 Å². The van der Waals surface area contributed by atoms with Crippen LogP contribution in [0.1, 0.15) is 23.8 Å². The number of halogens is 3. The predicted octanol–water partition coefficient (Wildman–Crippen LogP) is 4.42. The van der Waals surface area contributed by atoms with Gasteiger partial charge in [-0.2, -0.15) is 0 Å². The number of thiophene rings is 1. The van der Waals surface area contributed by atoms with Gasteiger partial charge in [0.15, 0.2) is 0 Å². The summed E-state index contributed by atoms with van der Waals surface area (Å²) in [5, 5.41) is 4.73. The molecule has 0 spiro atoms. The number of carbonyl (C=O) groups excluding carboxylic acids is 1. The first-order valence-corrected chi connectivity index (χ1v) is 8.72. The molecular weight excluding hydrogens is 353 g/mol. The van der Waals surface area contributed by atoms with E-state index < -0.39 is 6.36 Å². The molecular formula is C17H17F3N2O2S. The Morgan fingerprint density at radius 1 is 1.28 bits per heavy atom. The number of benzene rings is 1. The molecule has 0 saturated carbocycles. The van der Waals surface area contributed by atoms with Crippen LogP contribution < -0.4 is 10.1 Å². The van der Waals surface area contributed by atoms with Gasteiger partial charge in [0.25, 0.3) is 0 Å². The summed E-state index contributed by atoms with van der Waals surface area (Å²) in [6, 6.07) is 9.46. The standard InChI is InChI=1S/C17H17F3N2O2S/c18-17(19,20)24-13-7-5-12(6-8-13)21-16(23)11-22-9-1-3-14(22)15-4-2-10-25-15/h2,4-8,10,14H,1,3,9,11H2,(H,21,23)/t14-/m0/s1. The van der Waals surface area contributed by atoms with E-state index in [0.717, 1.165) is 19.4 Å². The third kappa shape index (κ3) is 4.96. The van der Waals surface area contributed by atoms with Gasteiger partial charge in [-0.05, 0) is 55.1 Å². The number of carbonyl (C=O) groups is 1. The lowest BCUT2D eigenvalue weighted by Crippen LogP contribution is -2.32. The van der Waals surface area contributed by atoms with Crippen molar-refractivity contribution in [1.29, 1.82) is 0 Å². The van der Waals surface area contributed by atoms with Crippen LogP contribution in [0, 0.1) is 0 Å². The maximum absolute atomic E-state index is 12.2. The van der Waals surface area contributed by atoms with Gasteiger partial charge < -0.3 is 10.1 Å². The van der Waals surface area contributed by atoms with Crippen molar-refractivity contribution in [2.75, 3.05) is 18.4 Å². The largest absolute Gasteiger partial charge is 0.573 e. The quantitative estimate of drug-likeness (QED) is 0.847. The smallest absolute Gasteiger partial charge is 0.406 e. The van der Waals surface area contributed by atoms with Crippen LogP contribution in [0.4, 0.5) is 18.9 Å². The minimum Gasteiger partial charge on any atom is -0.406 e. The van der Waals surface area contributed by atoms with E-state index in [2.05, 4.69) is 21.0 Å². The first-order chi connectivity index (χ1) is 11.9. The zero-order valence-corrected chi connectivity index (χ0v) is 14.1. The average Bonchev–Trinajstić information content (AvgIpc) is 3.18. The first kappa shape index (κ1) is 17.8. The Labute approximate surface area is 147 Å². The fraction of sp³-hybridized carbons (Fsp3) is 0.353. The summed E-state index contributed by atoms with van der Waals surface area (Å²) < 4.78 is 40.2. The Morgan fingerprint density at radius 2 is 2.04 bits per heavy atom. The molecule has 134 valence electrons. The van der Waals surface area contributed by atoms with E-state index in [9.17, 15) is 18.0 Å². The second-order valence-corrected chi connectivity index (χ2v) is 6.74. The van der Waals surface area contributed by atoms with Crippen LogP contribution in [0.5, 0.6) is 5.75 Å². The maximum atomic E-state index is 12.2. The van der Waals surface area contributed by atoms with Crippen LogP contribution in [-0.4, -0.2) is 30.3 Å². The average molecular weight is 370 g/mol. The molecule has 25 heavy (non-hydrogen) atoms. The first-order valence-electron chi connectivity index (χ1n) is 7.84. The Kier molecular flexibility index (Phi) is 5.29. The van der Waals surface area contributed by atoms with Gasteiger partial charge in [-0.3, -0.25) is 9.69 Å². The highest BCUT2D eigenvalue weighted by molar-refractivity contribution is 7.10. The molecule has 1 aromatic heterocycles. The molecule has 1 N–H and O–H groups in total. The normalized spacial score (nSPS) is 18.3. The van der Waals surface area contributed by atoms with Crippen molar-refractivity contribution in [3.05, 3.63) is 46.7 Å². The highest BCUT2D eigenvalue weighted by Crippen LogP contribution is 2.34. The van der Waals surface area contributed by atoms with Gasteiger partial charge in [-0.25, -0.2) is 0 Å². The number of nitrogens with zero attached hydrogens (tertiary/aromatic N) is 1. The fourth-order valence-electron chi connectivity index (χ4n) is 2.94. The number of anilines is 1. The molecule has 0 radical (unpaired) electrons. The van der Waals surface area contributed by atoms with E-state index >= 15 is 0 Å².